The number of ether oxygens (including phenoxy) is 1. The Morgan fingerprint density at radius 2 is 1.68 bits per heavy atom. The number of nitrogens with zero attached hydrogens (tertiary/aromatic N) is 1. The van der Waals surface area contributed by atoms with E-state index < -0.39 is 11.9 Å². The minimum atomic E-state index is -0.598. The van der Waals surface area contributed by atoms with Crippen molar-refractivity contribution >= 4 is 29.2 Å². The smallest absolute Gasteiger partial charge is 0.330 e. The number of para-hydroxylation sites is 1. The zero-order valence-electron chi connectivity index (χ0n) is 16.1. The van der Waals surface area contributed by atoms with Gasteiger partial charge in [-0.05, 0) is 36.2 Å². The number of carbonyl (C=O) groups excluding carboxylic acids is 3. The zero-order valence-corrected chi connectivity index (χ0v) is 16.1. The Morgan fingerprint density at radius 3 is 2.29 bits per heavy atom. The van der Waals surface area contributed by atoms with Crippen LogP contribution in [0.3, 0.4) is 0 Å². The first-order valence-electron chi connectivity index (χ1n) is 9.05. The Morgan fingerprint density at radius 1 is 1.00 bits per heavy atom. The van der Waals surface area contributed by atoms with Gasteiger partial charge in [-0.3, -0.25) is 9.59 Å². The second-order valence-corrected chi connectivity index (χ2v) is 6.10. The molecule has 2 rings (SSSR count). The van der Waals surface area contributed by atoms with Gasteiger partial charge in [0.2, 0.25) is 11.8 Å². The van der Waals surface area contributed by atoms with Crippen LogP contribution in [-0.4, -0.2) is 31.4 Å². The molecule has 6 heteroatoms. The fraction of sp³-hybridized carbons (Fsp3) is 0.227. The Balaban J connectivity index is 1.99. The molecular weight excluding hydrogens is 356 g/mol. The van der Waals surface area contributed by atoms with Crippen LogP contribution in [0.5, 0.6) is 0 Å². The van der Waals surface area contributed by atoms with E-state index in [-0.39, 0.29) is 12.3 Å². The van der Waals surface area contributed by atoms with Crippen LogP contribution in [0.4, 0.5) is 11.4 Å². The standard InChI is InChI=1S/C22H24N2O4/c1-3-15-24(19-7-5-4-6-8-19)21(26)16-17-9-11-18(12-10-17)23-20(25)13-14-22(27)28-2/h4-14H,3,15-16H2,1-2H3,(H,23,25)/b14-13+. The lowest BCUT2D eigenvalue weighted by molar-refractivity contribution is -0.135. The first-order valence-corrected chi connectivity index (χ1v) is 9.05. The van der Waals surface area contributed by atoms with Crippen LogP contribution >= 0.6 is 0 Å². The summed E-state index contributed by atoms with van der Waals surface area (Å²) in [6.45, 7) is 2.69. The largest absolute Gasteiger partial charge is 0.466 e. The van der Waals surface area contributed by atoms with Gasteiger partial charge in [0, 0.05) is 30.1 Å². The highest BCUT2D eigenvalue weighted by atomic mass is 16.5. The number of nitrogens with one attached hydrogen (secondary N) is 1. The molecule has 0 spiro atoms. The van der Waals surface area contributed by atoms with Crippen molar-refractivity contribution in [1.29, 1.82) is 0 Å². The summed E-state index contributed by atoms with van der Waals surface area (Å²) in [5.41, 5.74) is 2.31. The van der Waals surface area contributed by atoms with E-state index in [0.29, 0.717) is 12.2 Å². The van der Waals surface area contributed by atoms with Gasteiger partial charge < -0.3 is 15.0 Å². The topological polar surface area (TPSA) is 75.7 Å². The molecule has 0 fully saturated rings. The van der Waals surface area contributed by atoms with Crippen LogP contribution in [0.1, 0.15) is 18.9 Å². The first-order chi connectivity index (χ1) is 13.5. The van der Waals surface area contributed by atoms with Gasteiger partial charge in [0.05, 0.1) is 13.5 Å². The average Bonchev–Trinajstić information content (AvgIpc) is 2.72. The lowest BCUT2D eigenvalue weighted by Gasteiger charge is -2.22. The minimum Gasteiger partial charge on any atom is -0.466 e. The maximum atomic E-state index is 12.7. The van der Waals surface area contributed by atoms with Crippen LogP contribution in [0.15, 0.2) is 66.7 Å². The van der Waals surface area contributed by atoms with Crippen molar-refractivity contribution in [3.8, 4) is 0 Å². The molecule has 2 aromatic carbocycles. The molecular formula is C22H24N2O4. The third-order valence-corrected chi connectivity index (χ3v) is 3.96. The average molecular weight is 380 g/mol. The van der Waals surface area contributed by atoms with Gasteiger partial charge in [0.1, 0.15) is 0 Å². The van der Waals surface area contributed by atoms with Gasteiger partial charge in [0.15, 0.2) is 0 Å². The highest BCUT2D eigenvalue weighted by molar-refractivity contribution is 6.02. The van der Waals surface area contributed by atoms with Crippen LogP contribution in [0, 0.1) is 0 Å². The van der Waals surface area contributed by atoms with Crippen molar-refractivity contribution < 1.29 is 19.1 Å². The first kappa shape index (κ1) is 20.9. The fourth-order valence-corrected chi connectivity index (χ4v) is 2.60. The maximum absolute atomic E-state index is 12.7. The van der Waals surface area contributed by atoms with Crippen molar-refractivity contribution in [3.63, 3.8) is 0 Å². The molecule has 0 aliphatic heterocycles. The Labute approximate surface area is 164 Å². The van der Waals surface area contributed by atoms with Crippen LogP contribution < -0.4 is 10.2 Å². The van der Waals surface area contributed by atoms with Gasteiger partial charge in [-0.25, -0.2) is 4.79 Å². The van der Waals surface area contributed by atoms with Gasteiger partial charge in [-0.1, -0.05) is 37.3 Å². The van der Waals surface area contributed by atoms with Crippen molar-refractivity contribution in [2.75, 3.05) is 23.9 Å². The minimum absolute atomic E-state index is 0.0193. The van der Waals surface area contributed by atoms with E-state index in [9.17, 15) is 14.4 Å². The van der Waals surface area contributed by atoms with E-state index in [1.54, 1.807) is 29.2 Å². The molecule has 0 saturated carbocycles. The number of amides is 2. The van der Waals surface area contributed by atoms with E-state index in [1.165, 1.54) is 7.11 Å². The molecule has 0 atom stereocenters. The molecule has 0 radical (unpaired) electrons. The van der Waals surface area contributed by atoms with E-state index in [1.807, 2.05) is 37.3 Å². The summed E-state index contributed by atoms with van der Waals surface area (Å²) in [5, 5.41) is 2.64. The van der Waals surface area contributed by atoms with E-state index in [2.05, 4.69) is 10.1 Å². The van der Waals surface area contributed by atoms with Crippen molar-refractivity contribution in [2.45, 2.75) is 19.8 Å². The van der Waals surface area contributed by atoms with Crippen molar-refractivity contribution in [3.05, 3.63) is 72.3 Å². The Hall–Kier alpha value is -3.41. The molecule has 2 aromatic rings. The molecule has 2 amide bonds. The summed E-state index contributed by atoms with van der Waals surface area (Å²) in [6, 6.07) is 16.6. The third-order valence-electron chi connectivity index (χ3n) is 3.96. The van der Waals surface area contributed by atoms with Crippen molar-refractivity contribution in [2.24, 2.45) is 0 Å². The number of hydrogen-bond acceptors (Lipinski definition) is 4. The maximum Gasteiger partial charge on any atom is 0.330 e. The number of methoxy groups -OCH3 is 1. The number of esters is 1. The molecule has 1 N–H and O–H groups in total. The number of hydrogen-bond donors (Lipinski definition) is 1. The van der Waals surface area contributed by atoms with Gasteiger partial charge >= 0.3 is 5.97 Å². The number of benzene rings is 2. The van der Waals surface area contributed by atoms with Crippen LogP contribution in [0.25, 0.3) is 0 Å². The molecule has 146 valence electrons. The van der Waals surface area contributed by atoms with Crippen LogP contribution in [-0.2, 0) is 25.5 Å². The summed E-state index contributed by atoms with van der Waals surface area (Å²) in [6.07, 6.45) is 3.29. The molecule has 0 aliphatic rings. The number of anilines is 2. The predicted molar refractivity (Wildman–Crippen MR) is 109 cm³/mol. The van der Waals surface area contributed by atoms with E-state index in [4.69, 9.17) is 0 Å². The number of rotatable bonds is 8. The highest BCUT2D eigenvalue weighted by Gasteiger charge is 2.15. The lowest BCUT2D eigenvalue weighted by atomic mass is 10.1. The molecule has 0 saturated heterocycles. The zero-order chi connectivity index (χ0) is 20.4. The monoisotopic (exact) mass is 380 g/mol. The Kier molecular flexibility index (Phi) is 7.96. The van der Waals surface area contributed by atoms with Gasteiger partial charge in [0.25, 0.3) is 0 Å². The fourth-order valence-electron chi connectivity index (χ4n) is 2.60. The van der Waals surface area contributed by atoms with Crippen LogP contribution in [0.2, 0.25) is 0 Å². The quantitative estimate of drug-likeness (QED) is 0.563. The molecule has 0 aromatic heterocycles. The summed E-state index contributed by atoms with van der Waals surface area (Å²) >= 11 is 0. The van der Waals surface area contributed by atoms with Crippen molar-refractivity contribution in [1.82, 2.24) is 0 Å². The Bertz CT molecular complexity index is 829. The third kappa shape index (κ3) is 6.39. The summed E-state index contributed by atoms with van der Waals surface area (Å²) < 4.78 is 4.43. The van der Waals surface area contributed by atoms with Gasteiger partial charge in [-0.15, -0.1) is 0 Å². The summed E-state index contributed by atoms with van der Waals surface area (Å²) in [7, 11) is 1.24. The summed E-state index contributed by atoms with van der Waals surface area (Å²) in [5.74, 6) is -1.02. The predicted octanol–water partition coefficient (Wildman–Crippen LogP) is 3.34. The second-order valence-electron chi connectivity index (χ2n) is 6.10. The second kappa shape index (κ2) is 10.7. The molecule has 0 aliphatic carbocycles. The van der Waals surface area contributed by atoms with Gasteiger partial charge in [-0.2, -0.15) is 0 Å². The lowest BCUT2D eigenvalue weighted by Crippen LogP contribution is -2.32. The highest BCUT2D eigenvalue weighted by Crippen LogP contribution is 2.17. The normalized spacial score (nSPS) is 10.5. The SMILES string of the molecule is CCCN(C(=O)Cc1ccc(NC(=O)/C=C/C(=O)OC)cc1)c1ccccc1. The molecule has 0 bridgehead atoms. The van der Waals surface area contributed by atoms with E-state index >= 15 is 0 Å². The molecule has 6 nitrogen and oxygen atoms in total. The molecule has 28 heavy (non-hydrogen) atoms. The molecule has 0 unspecified atom stereocenters. The molecule has 0 heterocycles. The summed E-state index contributed by atoms with van der Waals surface area (Å²) in [4.78, 5) is 37.3. The van der Waals surface area contributed by atoms with E-state index in [0.717, 1.165) is 29.8 Å². The number of carbonyl (C=O) groups is 3.